The zero-order valence-electron chi connectivity index (χ0n) is 16.4. The van der Waals surface area contributed by atoms with Crippen molar-refractivity contribution in [3.63, 3.8) is 0 Å². The highest BCUT2D eigenvalue weighted by Gasteiger charge is 2.35. The molecule has 1 fully saturated rings. The number of benzene rings is 2. The van der Waals surface area contributed by atoms with Crippen LogP contribution in [0.5, 0.6) is 0 Å². The number of carboxylic acid groups (broad SMARTS) is 1. The first-order valence-electron chi connectivity index (χ1n) is 9.93. The minimum absolute atomic E-state index is 0.216. The molecule has 0 spiro atoms. The number of likely N-dealkylation sites (tertiary alicyclic amines) is 1. The van der Waals surface area contributed by atoms with E-state index in [0.29, 0.717) is 37.2 Å². The number of halogens is 4. The van der Waals surface area contributed by atoms with Gasteiger partial charge in [-0.2, -0.15) is 13.2 Å². The summed E-state index contributed by atoms with van der Waals surface area (Å²) in [5, 5.41) is 10.4. The number of rotatable bonds is 4. The molecule has 0 bridgehead atoms. The second-order valence-corrected chi connectivity index (χ2v) is 8.12. The lowest BCUT2D eigenvalue weighted by Crippen LogP contribution is -2.39. The number of piperidine rings is 1. The summed E-state index contributed by atoms with van der Waals surface area (Å²) in [4.78, 5) is 18.0. The van der Waals surface area contributed by atoms with E-state index in [-0.39, 0.29) is 5.02 Å². The normalized spacial score (nSPS) is 17.0. The van der Waals surface area contributed by atoms with E-state index in [1.165, 1.54) is 6.07 Å². The summed E-state index contributed by atoms with van der Waals surface area (Å²) in [6.45, 7) is 0.839. The number of aromatic nitrogens is 1. The number of para-hydroxylation sites is 1. The smallest absolute Gasteiger partial charge is 0.416 e. The van der Waals surface area contributed by atoms with Crippen molar-refractivity contribution in [2.45, 2.75) is 25.1 Å². The molecule has 2 aromatic carbocycles. The van der Waals surface area contributed by atoms with Crippen molar-refractivity contribution in [3.05, 3.63) is 76.4 Å². The van der Waals surface area contributed by atoms with Crippen molar-refractivity contribution in [1.29, 1.82) is 0 Å². The van der Waals surface area contributed by atoms with Gasteiger partial charge in [-0.15, -0.1) is 0 Å². The molecule has 0 amide bonds. The van der Waals surface area contributed by atoms with Crippen molar-refractivity contribution in [1.82, 2.24) is 9.88 Å². The maximum atomic E-state index is 13.4. The van der Waals surface area contributed by atoms with Crippen LogP contribution in [0.1, 0.15) is 35.7 Å². The van der Waals surface area contributed by atoms with Gasteiger partial charge in [0.2, 0.25) is 0 Å². The zero-order valence-corrected chi connectivity index (χ0v) is 17.2. The van der Waals surface area contributed by atoms with Gasteiger partial charge in [0.25, 0.3) is 0 Å². The first kappa shape index (κ1) is 21.6. The molecule has 162 valence electrons. The summed E-state index contributed by atoms with van der Waals surface area (Å²) in [6.07, 6.45) is -3.68. The van der Waals surface area contributed by atoms with Crippen LogP contribution in [0.2, 0.25) is 5.02 Å². The maximum absolute atomic E-state index is 13.4. The van der Waals surface area contributed by atoms with Gasteiger partial charge >= 0.3 is 12.1 Å². The Morgan fingerprint density at radius 1 is 1.10 bits per heavy atom. The molecule has 31 heavy (non-hydrogen) atoms. The number of hydrogen-bond acceptors (Lipinski definition) is 3. The lowest BCUT2D eigenvalue weighted by atomic mass is 9.92. The van der Waals surface area contributed by atoms with Crippen LogP contribution in [-0.2, 0) is 11.0 Å². The van der Waals surface area contributed by atoms with Gasteiger partial charge in [0.1, 0.15) is 0 Å². The molecule has 1 N–H and O–H groups in total. The summed E-state index contributed by atoms with van der Waals surface area (Å²) in [6, 6.07) is 13.9. The van der Waals surface area contributed by atoms with Gasteiger partial charge in [-0.05, 0) is 61.8 Å². The van der Waals surface area contributed by atoms with E-state index in [0.717, 1.165) is 23.0 Å². The predicted octanol–water partition coefficient (Wildman–Crippen LogP) is 5.79. The third kappa shape index (κ3) is 4.52. The molecule has 2 heterocycles. The largest absolute Gasteiger partial charge is 0.481 e. The highest BCUT2D eigenvalue weighted by atomic mass is 35.5. The Balaban J connectivity index is 1.80. The third-order valence-electron chi connectivity index (χ3n) is 5.76. The molecular weight excluding hydrogens is 429 g/mol. The van der Waals surface area contributed by atoms with E-state index < -0.39 is 29.7 Å². The van der Waals surface area contributed by atoms with Crippen LogP contribution < -0.4 is 0 Å². The van der Waals surface area contributed by atoms with Crippen molar-refractivity contribution < 1.29 is 23.1 Å². The number of carboxylic acids is 1. The number of aliphatic carboxylic acids is 1. The van der Waals surface area contributed by atoms with Crippen molar-refractivity contribution >= 4 is 28.5 Å². The Hall–Kier alpha value is -2.64. The molecule has 0 radical (unpaired) electrons. The Labute approximate surface area is 182 Å². The van der Waals surface area contributed by atoms with Crippen molar-refractivity contribution in [2.75, 3.05) is 13.1 Å². The number of alkyl halides is 3. The molecule has 0 saturated carbocycles. The molecule has 3 aromatic rings. The Bertz CT molecular complexity index is 1110. The topological polar surface area (TPSA) is 53.4 Å². The molecule has 1 atom stereocenters. The van der Waals surface area contributed by atoms with Crippen LogP contribution in [0.25, 0.3) is 10.9 Å². The van der Waals surface area contributed by atoms with E-state index in [1.54, 1.807) is 6.07 Å². The van der Waals surface area contributed by atoms with Crippen molar-refractivity contribution in [2.24, 2.45) is 5.92 Å². The summed E-state index contributed by atoms with van der Waals surface area (Å²) in [5.74, 6) is -1.31. The quantitative estimate of drug-likeness (QED) is 0.548. The first-order valence-corrected chi connectivity index (χ1v) is 10.3. The molecule has 0 aliphatic carbocycles. The molecule has 1 saturated heterocycles. The van der Waals surface area contributed by atoms with Crippen LogP contribution in [0.3, 0.4) is 0 Å². The van der Waals surface area contributed by atoms with Crippen LogP contribution >= 0.6 is 11.6 Å². The minimum Gasteiger partial charge on any atom is -0.481 e. The molecule has 4 nitrogen and oxygen atoms in total. The summed E-state index contributed by atoms with van der Waals surface area (Å²) < 4.78 is 40.3. The van der Waals surface area contributed by atoms with Crippen LogP contribution in [0.15, 0.2) is 54.6 Å². The summed E-state index contributed by atoms with van der Waals surface area (Å²) in [7, 11) is 0. The highest BCUT2D eigenvalue weighted by Crippen LogP contribution is 2.39. The average molecular weight is 449 g/mol. The average Bonchev–Trinajstić information content (AvgIpc) is 2.74. The lowest BCUT2D eigenvalue weighted by Gasteiger charge is -2.37. The Morgan fingerprint density at radius 3 is 2.48 bits per heavy atom. The molecule has 1 aliphatic rings. The van der Waals surface area contributed by atoms with Gasteiger partial charge in [-0.1, -0.05) is 35.9 Å². The number of nitrogens with zero attached hydrogens (tertiary/aromatic N) is 2. The maximum Gasteiger partial charge on any atom is 0.416 e. The molecular formula is C23H20ClF3N2O2. The van der Waals surface area contributed by atoms with Crippen LogP contribution in [0, 0.1) is 5.92 Å². The fraction of sp³-hybridized carbons (Fsp3) is 0.304. The number of carbonyl (C=O) groups is 1. The fourth-order valence-corrected chi connectivity index (χ4v) is 4.33. The first-order chi connectivity index (χ1) is 14.7. The summed E-state index contributed by atoms with van der Waals surface area (Å²) >= 11 is 6.39. The Morgan fingerprint density at radius 2 is 1.81 bits per heavy atom. The van der Waals surface area contributed by atoms with Gasteiger partial charge in [0, 0.05) is 10.4 Å². The highest BCUT2D eigenvalue weighted by molar-refractivity contribution is 6.31. The number of fused-ring (bicyclic) bond motifs is 1. The fourth-order valence-electron chi connectivity index (χ4n) is 4.11. The van der Waals surface area contributed by atoms with E-state index >= 15 is 0 Å². The third-order valence-corrected chi connectivity index (χ3v) is 6.11. The van der Waals surface area contributed by atoms with Gasteiger partial charge in [-0.25, -0.2) is 0 Å². The molecule has 1 unspecified atom stereocenters. The van der Waals surface area contributed by atoms with Crippen molar-refractivity contribution in [3.8, 4) is 0 Å². The SMILES string of the molecule is O=C(O)C1CCN(C(c2ccc3ccccc3n2)c2cc(C(F)(F)F)ccc2Cl)CC1. The molecule has 1 aromatic heterocycles. The molecule has 1 aliphatic heterocycles. The number of pyridine rings is 1. The molecule has 4 rings (SSSR count). The predicted molar refractivity (Wildman–Crippen MR) is 112 cm³/mol. The van der Waals surface area contributed by atoms with Gasteiger partial charge < -0.3 is 5.11 Å². The zero-order chi connectivity index (χ0) is 22.2. The standard InChI is InChI=1S/C23H20ClF3N2O2/c24-18-7-6-16(23(25,26)27)13-17(18)21(29-11-9-15(10-12-29)22(30)31)20-8-5-14-3-1-2-4-19(14)28-20/h1-8,13,15,21H,9-12H2,(H,30,31). The monoisotopic (exact) mass is 448 g/mol. The number of hydrogen-bond donors (Lipinski definition) is 1. The molecule has 8 heteroatoms. The van der Waals surface area contributed by atoms with Gasteiger partial charge in [0.15, 0.2) is 0 Å². The second kappa shape index (κ2) is 8.48. The van der Waals surface area contributed by atoms with E-state index in [1.807, 2.05) is 35.2 Å². The summed E-state index contributed by atoms with van der Waals surface area (Å²) in [5.41, 5.74) is 0.841. The van der Waals surface area contributed by atoms with E-state index in [4.69, 9.17) is 16.6 Å². The van der Waals surface area contributed by atoms with Crippen LogP contribution in [0.4, 0.5) is 13.2 Å². The Kier molecular flexibility index (Phi) is 5.90. The van der Waals surface area contributed by atoms with E-state index in [2.05, 4.69) is 0 Å². The van der Waals surface area contributed by atoms with Gasteiger partial charge in [0.05, 0.1) is 28.7 Å². The van der Waals surface area contributed by atoms with E-state index in [9.17, 15) is 23.1 Å². The van der Waals surface area contributed by atoms with Crippen LogP contribution in [-0.4, -0.2) is 34.0 Å². The lowest BCUT2D eigenvalue weighted by molar-refractivity contribution is -0.143. The second-order valence-electron chi connectivity index (χ2n) is 7.71. The minimum atomic E-state index is -4.50. The van der Waals surface area contributed by atoms with Gasteiger partial charge in [-0.3, -0.25) is 14.7 Å².